The number of aliphatic hydroxyl groups is 1. The van der Waals surface area contributed by atoms with E-state index < -0.39 is 0 Å². The van der Waals surface area contributed by atoms with Crippen molar-refractivity contribution in [3.8, 4) is 0 Å². The lowest BCUT2D eigenvalue weighted by molar-refractivity contribution is -0.0485. The van der Waals surface area contributed by atoms with E-state index in [-0.39, 0.29) is 6.61 Å². The minimum Gasteiger partial charge on any atom is -0.396 e. The summed E-state index contributed by atoms with van der Waals surface area (Å²) < 4.78 is 0. The number of hydrogen-bond donors (Lipinski definition) is 1. The molecule has 0 aromatic carbocycles. The van der Waals surface area contributed by atoms with Crippen LogP contribution in [0.3, 0.4) is 0 Å². The van der Waals surface area contributed by atoms with Gasteiger partial charge in [-0.3, -0.25) is 0 Å². The van der Waals surface area contributed by atoms with Gasteiger partial charge in [-0.15, -0.1) is 0 Å². The van der Waals surface area contributed by atoms with Crippen molar-refractivity contribution in [2.45, 2.75) is 99.3 Å². The van der Waals surface area contributed by atoms with Gasteiger partial charge in [-0.25, -0.2) is 0 Å². The molecule has 32 heavy (non-hydrogen) atoms. The van der Waals surface area contributed by atoms with E-state index >= 15 is 0 Å². The predicted octanol–water partition coefficient (Wildman–Crippen LogP) is 8.25. The maximum absolute atomic E-state index is 9.40. The summed E-state index contributed by atoms with van der Waals surface area (Å²) in [6.07, 6.45) is 22.2. The molecule has 0 aromatic rings. The molecule has 1 N–H and O–H groups in total. The van der Waals surface area contributed by atoms with Crippen LogP contribution in [0.2, 0.25) is 0 Å². The second kappa shape index (κ2) is 9.59. The molecule has 4 rings (SSSR count). The molecule has 4 aliphatic carbocycles. The van der Waals surface area contributed by atoms with Crippen molar-refractivity contribution in [2.24, 2.45) is 58.2 Å². The molecule has 3 unspecified atom stereocenters. The van der Waals surface area contributed by atoms with E-state index in [9.17, 15) is 5.11 Å². The van der Waals surface area contributed by atoms with Gasteiger partial charge in [0.25, 0.3) is 0 Å². The van der Waals surface area contributed by atoms with Crippen LogP contribution < -0.4 is 0 Å². The van der Waals surface area contributed by atoms with Gasteiger partial charge >= 0.3 is 0 Å². The van der Waals surface area contributed by atoms with Crippen LogP contribution in [-0.4, -0.2) is 11.7 Å². The van der Waals surface area contributed by atoms with Crippen molar-refractivity contribution in [3.63, 3.8) is 0 Å². The summed E-state index contributed by atoms with van der Waals surface area (Å²) in [5.41, 5.74) is 2.71. The number of hydrogen-bond acceptors (Lipinski definition) is 1. The van der Waals surface area contributed by atoms with E-state index in [1.165, 1.54) is 57.8 Å². The van der Waals surface area contributed by atoms with Crippen LogP contribution in [0.15, 0.2) is 23.8 Å². The Morgan fingerprint density at radius 2 is 1.81 bits per heavy atom. The molecule has 1 radical (unpaired) electrons. The fourth-order valence-electron chi connectivity index (χ4n) is 9.23. The van der Waals surface area contributed by atoms with E-state index in [0.29, 0.717) is 22.7 Å². The zero-order chi connectivity index (χ0) is 23.1. The minimum atomic E-state index is 0.241. The highest BCUT2D eigenvalue weighted by Gasteiger charge is 2.58. The molecule has 3 saturated carbocycles. The van der Waals surface area contributed by atoms with E-state index in [2.05, 4.69) is 66.2 Å². The average Bonchev–Trinajstić information content (AvgIpc) is 3.11. The molecular formula is C31H51O. The Hall–Kier alpha value is -0.560. The third kappa shape index (κ3) is 4.18. The standard InChI is InChI=1S/C31H51O/c1-7-24(21(2)3)9-8-22(4)27-12-13-28-26-11-10-25-20-23(16-19-32)14-17-30(25,5)29(26)15-18-31(27,28)6/h8-10,16,21-24,26-29,32H,7,11-15,17-20H2,1-6H3/b9-8+/t22-,23-,24-,26?,27-,28?,29?,30+,31-/m1/s1. The van der Waals surface area contributed by atoms with Gasteiger partial charge in [0.15, 0.2) is 0 Å². The molecule has 1 nitrogen and oxygen atoms in total. The zero-order valence-electron chi connectivity index (χ0n) is 21.9. The fourth-order valence-corrected chi connectivity index (χ4v) is 9.23. The molecular weight excluding hydrogens is 388 g/mol. The summed E-state index contributed by atoms with van der Waals surface area (Å²) in [5, 5.41) is 9.40. The quantitative estimate of drug-likeness (QED) is 0.396. The van der Waals surface area contributed by atoms with E-state index in [1.54, 1.807) is 5.57 Å². The number of rotatable bonds is 7. The summed E-state index contributed by atoms with van der Waals surface area (Å²) in [5.74, 6) is 6.38. The Morgan fingerprint density at radius 3 is 2.50 bits per heavy atom. The van der Waals surface area contributed by atoms with E-state index in [4.69, 9.17) is 0 Å². The summed E-state index contributed by atoms with van der Waals surface area (Å²) >= 11 is 0. The second-order valence-corrected chi connectivity index (χ2v) is 13.0. The first-order valence-electron chi connectivity index (χ1n) is 14.1. The lowest BCUT2D eigenvalue weighted by Gasteiger charge is -2.58. The first-order valence-corrected chi connectivity index (χ1v) is 14.1. The normalized spacial score (nSPS) is 43.5. The summed E-state index contributed by atoms with van der Waals surface area (Å²) in [7, 11) is 0. The summed E-state index contributed by atoms with van der Waals surface area (Å²) in [4.78, 5) is 0. The van der Waals surface area contributed by atoms with Crippen LogP contribution in [0.5, 0.6) is 0 Å². The van der Waals surface area contributed by atoms with E-state index in [1.807, 2.05) is 0 Å². The fraction of sp³-hybridized carbons (Fsp3) is 0.839. The molecule has 4 aliphatic rings. The van der Waals surface area contributed by atoms with Crippen LogP contribution in [-0.2, 0) is 0 Å². The van der Waals surface area contributed by atoms with Crippen molar-refractivity contribution in [2.75, 3.05) is 6.61 Å². The SMILES string of the molecule is CC[C@H](/C=C/[C@@H](C)[C@H]1CCC2C3CC=C4C[C@@H]([CH]CO)CC[C@]4(C)C3CC[C@@]21C)C(C)C. The van der Waals surface area contributed by atoms with Crippen molar-refractivity contribution in [1.82, 2.24) is 0 Å². The number of aliphatic hydroxyl groups excluding tert-OH is 1. The van der Waals surface area contributed by atoms with Gasteiger partial charge in [0.2, 0.25) is 0 Å². The largest absolute Gasteiger partial charge is 0.396 e. The van der Waals surface area contributed by atoms with Gasteiger partial charge in [-0.1, -0.05) is 65.3 Å². The van der Waals surface area contributed by atoms with Gasteiger partial charge in [-0.05, 0) is 122 Å². The van der Waals surface area contributed by atoms with Crippen molar-refractivity contribution in [1.29, 1.82) is 0 Å². The number of allylic oxidation sites excluding steroid dienone is 4. The van der Waals surface area contributed by atoms with Gasteiger partial charge < -0.3 is 5.11 Å². The van der Waals surface area contributed by atoms with Gasteiger partial charge in [0, 0.05) is 6.61 Å². The van der Waals surface area contributed by atoms with Crippen LogP contribution in [0, 0.1) is 64.6 Å². The Labute approximate surface area is 199 Å². The highest BCUT2D eigenvalue weighted by Crippen LogP contribution is 2.67. The monoisotopic (exact) mass is 439 g/mol. The first-order chi connectivity index (χ1) is 15.2. The Balaban J connectivity index is 1.50. The molecule has 9 atom stereocenters. The molecule has 0 saturated heterocycles. The molecule has 0 amide bonds. The average molecular weight is 440 g/mol. The Kier molecular flexibility index (Phi) is 7.36. The number of fused-ring (bicyclic) bond motifs is 5. The Morgan fingerprint density at radius 1 is 1.03 bits per heavy atom. The molecule has 0 bridgehead atoms. The molecule has 3 fully saturated rings. The van der Waals surface area contributed by atoms with Crippen LogP contribution in [0.1, 0.15) is 99.3 Å². The molecule has 0 spiro atoms. The van der Waals surface area contributed by atoms with Crippen LogP contribution >= 0.6 is 0 Å². The Bertz CT molecular complexity index is 703. The van der Waals surface area contributed by atoms with Gasteiger partial charge in [-0.2, -0.15) is 0 Å². The lowest BCUT2D eigenvalue weighted by Crippen LogP contribution is -2.50. The molecule has 0 aromatic heterocycles. The first kappa shape index (κ1) is 24.6. The topological polar surface area (TPSA) is 20.2 Å². The maximum Gasteiger partial charge on any atom is 0.0465 e. The summed E-state index contributed by atoms with van der Waals surface area (Å²) in [6.45, 7) is 15.1. The van der Waals surface area contributed by atoms with Gasteiger partial charge in [0.05, 0.1) is 0 Å². The lowest BCUT2D eigenvalue weighted by atomic mass is 9.46. The third-order valence-corrected chi connectivity index (χ3v) is 11.3. The highest BCUT2D eigenvalue weighted by atomic mass is 16.3. The van der Waals surface area contributed by atoms with Crippen LogP contribution in [0.25, 0.3) is 0 Å². The molecule has 0 heterocycles. The minimum absolute atomic E-state index is 0.241. The highest BCUT2D eigenvalue weighted by molar-refractivity contribution is 5.26. The second-order valence-electron chi connectivity index (χ2n) is 13.0. The predicted molar refractivity (Wildman–Crippen MR) is 137 cm³/mol. The van der Waals surface area contributed by atoms with Gasteiger partial charge in [0.1, 0.15) is 0 Å². The third-order valence-electron chi connectivity index (χ3n) is 11.3. The van der Waals surface area contributed by atoms with Crippen molar-refractivity contribution >= 4 is 0 Å². The zero-order valence-corrected chi connectivity index (χ0v) is 21.9. The molecule has 181 valence electrons. The maximum atomic E-state index is 9.40. The van der Waals surface area contributed by atoms with E-state index in [0.717, 1.165) is 35.5 Å². The van der Waals surface area contributed by atoms with Crippen molar-refractivity contribution < 1.29 is 5.11 Å². The molecule has 0 aliphatic heterocycles. The smallest absolute Gasteiger partial charge is 0.0465 e. The molecule has 1 heteroatoms. The van der Waals surface area contributed by atoms with Crippen LogP contribution in [0.4, 0.5) is 0 Å². The summed E-state index contributed by atoms with van der Waals surface area (Å²) in [6, 6.07) is 0. The van der Waals surface area contributed by atoms with Crippen molar-refractivity contribution in [3.05, 3.63) is 30.2 Å².